The highest BCUT2D eigenvalue weighted by atomic mass is 35.5. The molecule has 0 radical (unpaired) electrons. The number of thiazole rings is 1. The van der Waals surface area contributed by atoms with Crippen LogP contribution >= 0.6 is 35.1 Å². The number of rotatable bonds is 9. The minimum absolute atomic E-state index is 0. The molecule has 0 N–H and O–H groups in total. The molecule has 0 unspecified atom stereocenters. The van der Waals surface area contributed by atoms with E-state index >= 15 is 0 Å². The number of methoxy groups -OCH3 is 2. The van der Waals surface area contributed by atoms with Crippen LogP contribution in [0.1, 0.15) is 4.88 Å². The largest absolute Gasteiger partial charge is 0.493 e. The van der Waals surface area contributed by atoms with Crippen LogP contribution in [0, 0.1) is 10.1 Å². The molecule has 32 heavy (non-hydrogen) atoms. The van der Waals surface area contributed by atoms with Crippen LogP contribution in [0.25, 0.3) is 16.3 Å². The van der Waals surface area contributed by atoms with E-state index in [0.717, 1.165) is 16.0 Å². The lowest BCUT2D eigenvalue weighted by atomic mass is 10.3. The minimum atomic E-state index is -0.448. The van der Waals surface area contributed by atoms with E-state index in [1.54, 1.807) is 37.3 Å². The Kier molecular flexibility index (Phi) is 8.96. The van der Waals surface area contributed by atoms with Crippen LogP contribution < -0.4 is 14.4 Å². The van der Waals surface area contributed by atoms with Gasteiger partial charge in [0.1, 0.15) is 0 Å². The van der Waals surface area contributed by atoms with E-state index in [1.807, 2.05) is 25.1 Å². The highest BCUT2D eigenvalue weighted by Gasteiger charge is 2.20. The number of anilines is 1. The third-order valence-electron chi connectivity index (χ3n) is 4.33. The second kappa shape index (κ2) is 11.2. The summed E-state index contributed by atoms with van der Waals surface area (Å²) in [6.07, 6.45) is 3.00. The molecule has 0 bridgehead atoms. The minimum Gasteiger partial charge on any atom is -0.493 e. The van der Waals surface area contributed by atoms with Crippen molar-refractivity contribution in [3.63, 3.8) is 0 Å². The summed E-state index contributed by atoms with van der Waals surface area (Å²) in [5, 5.41) is 11.4. The van der Waals surface area contributed by atoms with Crippen molar-refractivity contribution < 1.29 is 19.2 Å². The molecule has 9 nitrogen and oxygen atoms in total. The van der Waals surface area contributed by atoms with Gasteiger partial charge in [0.15, 0.2) is 16.6 Å². The molecule has 0 atom stereocenters. The Morgan fingerprint density at radius 3 is 2.44 bits per heavy atom. The Labute approximate surface area is 199 Å². The zero-order chi connectivity index (χ0) is 22.5. The lowest BCUT2D eigenvalue weighted by molar-refractivity contribution is -0.380. The smallest absolute Gasteiger partial charge is 0.324 e. The summed E-state index contributed by atoms with van der Waals surface area (Å²) in [5.74, 6) is 0.906. The van der Waals surface area contributed by atoms with Crippen molar-refractivity contribution in [3.8, 4) is 11.5 Å². The van der Waals surface area contributed by atoms with Crippen molar-refractivity contribution >= 4 is 67.4 Å². The molecule has 2 heterocycles. The molecule has 172 valence electrons. The average Bonchev–Trinajstić information content (AvgIpc) is 3.37. The van der Waals surface area contributed by atoms with Crippen LogP contribution in [0.5, 0.6) is 11.5 Å². The van der Waals surface area contributed by atoms with E-state index < -0.39 is 4.92 Å². The summed E-state index contributed by atoms with van der Waals surface area (Å²) < 4.78 is 11.6. The van der Waals surface area contributed by atoms with Crippen molar-refractivity contribution in [1.82, 2.24) is 9.88 Å². The molecule has 0 aliphatic carbocycles. The number of hydrogen-bond acceptors (Lipinski definition) is 9. The van der Waals surface area contributed by atoms with E-state index in [1.165, 1.54) is 23.5 Å². The number of ether oxygens (including phenoxy) is 2. The van der Waals surface area contributed by atoms with Crippen LogP contribution in [0.2, 0.25) is 0 Å². The molecule has 0 spiro atoms. The number of thiophene rings is 1. The third-order valence-corrected chi connectivity index (χ3v) is 6.38. The van der Waals surface area contributed by atoms with Gasteiger partial charge in [0.2, 0.25) is 0 Å². The number of likely N-dealkylation sites (N-methyl/N-ethyl adjacent to an activating group) is 1. The van der Waals surface area contributed by atoms with Gasteiger partial charge in [0.05, 0.1) is 29.4 Å². The molecule has 12 heteroatoms. The Balaban J connectivity index is 0.00000363. The van der Waals surface area contributed by atoms with Gasteiger partial charge in [-0.1, -0.05) is 22.7 Å². The zero-order valence-corrected chi connectivity index (χ0v) is 20.4. The summed E-state index contributed by atoms with van der Waals surface area (Å²) in [4.78, 5) is 32.2. The molecule has 0 saturated heterocycles. The van der Waals surface area contributed by atoms with Gasteiger partial charge in [-0.3, -0.25) is 19.8 Å². The van der Waals surface area contributed by atoms with Gasteiger partial charge in [-0.05, 0) is 26.2 Å². The number of aromatic nitrogens is 1. The fourth-order valence-electron chi connectivity index (χ4n) is 2.73. The maximum Gasteiger partial charge on any atom is 0.324 e. The number of benzene rings is 1. The maximum absolute atomic E-state index is 13.0. The number of nitrogens with zero attached hydrogens (tertiary/aromatic N) is 4. The molecule has 1 aromatic carbocycles. The average molecular weight is 499 g/mol. The Hall–Kier alpha value is -2.73. The number of fused-ring (bicyclic) bond motifs is 1. The first-order chi connectivity index (χ1) is 14.8. The van der Waals surface area contributed by atoms with Crippen LogP contribution in [0.4, 0.5) is 10.1 Å². The molecular formula is C20H23ClN4O5S2. The summed E-state index contributed by atoms with van der Waals surface area (Å²) in [5.41, 5.74) is 0.707. The number of amides is 1. The summed E-state index contributed by atoms with van der Waals surface area (Å²) >= 11 is 2.40. The van der Waals surface area contributed by atoms with Gasteiger partial charge in [0, 0.05) is 42.2 Å². The van der Waals surface area contributed by atoms with Gasteiger partial charge in [-0.25, -0.2) is 4.98 Å². The van der Waals surface area contributed by atoms with Crippen LogP contribution in [0.3, 0.4) is 0 Å². The highest BCUT2D eigenvalue weighted by molar-refractivity contribution is 7.22. The molecule has 3 rings (SSSR count). The summed E-state index contributed by atoms with van der Waals surface area (Å²) in [6, 6.07) is 6.66. The van der Waals surface area contributed by atoms with E-state index in [4.69, 9.17) is 9.47 Å². The SMILES string of the molecule is COc1cc2nc(N(CCN(C)C)C(=O)C=Cc3ccc([N+](=O)[O-])s3)sc2cc1OC.Cl. The first-order valence-corrected chi connectivity index (χ1v) is 10.9. The molecule has 0 aliphatic rings. The predicted molar refractivity (Wildman–Crippen MR) is 131 cm³/mol. The topological polar surface area (TPSA) is 98.0 Å². The van der Waals surface area contributed by atoms with Gasteiger partial charge < -0.3 is 14.4 Å². The molecule has 2 aromatic heterocycles. The predicted octanol–water partition coefficient (Wildman–Crippen LogP) is 4.31. The van der Waals surface area contributed by atoms with Gasteiger partial charge >= 0.3 is 5.00 Å². The van der Waals surface area contributed by atoms with Crippen LogP contribution in [0.15, 0.2) is 30.3 Å². The third kappa shape index (κ3) is 5.94. The number of halogens is 1. The number of carbonyl (C=O) groups is 1. The Morgan fingerprint density at radius 2 is 1.84 bits per heavy atom. The van der Waals surface area contributed by atoms with Crippen LogP contribution in [-0.4, -0.2) is 62.1 Å². The number of carbonyl (C=O) groups excluding carboxylic acids is 1. The molecule has 0 saturated carbocycles. The lowest BCUT2D eigenvalue weighted by Crippen LogP contribution is -2.35. The standard InChI is InChI=1S/C20H22N4O5S2.ClH/c1-22(2)9-10-23(18(25)7-5-13-6-8-19(30-13)24(26)27)20-21-14-11-15(28-3)16(29-4)12-17(14)31-20;/h5-8,11-12H,9-10H2,1-4H3;1H. The van der Waals surface area contributed by atoms with Crippen molar-refractivity contribution in [3.05, 3.63) is 45.3 Å². The van der Waals surface area contributed by atoms with E-state index in [0.29, 0.717) is 40.1 Å². The molecule has 1 amide bonds. The molecule has 0 fully saturated rings. The maximum atomic E-state index is 13.0. The molecule has 3 aromatic rings. The van der Waals surface area contributed by atoms with Crippen molar-refractivity contribution in [2.75, 3.05) is 46.3 Å². The Bertz CT molecular complexity index is 1090. The Morgan fingerprint density at radius 1 is 1.16 bits per heavy atom. The van der Waals surface area contributed by atoms with Gasteiger partial charge in [0.25, 0.3) is 5.91 Å². The van der Waals surface area contributed by atoms with E-state index in [9.17, 15) is 14.9 Å². The normalized spacial score (nSPS) is 11.0. The molecular weight excluding hydrogens is 476 g/mol. The van der Waals surface area contributed by atoms with E-state index in [-0.39, 0.29) is 23.3 Å². The first kappa shape index (κ1) is 25.5. The lowest BCUT2D eigenvalue weighted by Gasteiger charge is -2.20. The summed E-state index contributed by atoms with van der Waals surface area (Å²) in [6.45, 7) is 1.08. The van der Waals surface area contributed by atoms with Crippen molar-refractivity contribution in [2.24, 2.45) is 0 Å². The van der Waals surface area contributed by atoms with Crippen molar-refractivity contribution in [2.45, 2.75) is 0 Å². The first-order valence-electron chi connectivity index (χ1n) is 9.23. The zero-order valence-electron chi connectivity index (χ0n) is 17.9. The van der Waals surface area contributed by atoms with Crippen LogP contribution in [-0.2, 0) is 4.79 Å². The summed E-state index contributed by atoms with van der Waals surface area (Å²) in [7, 11) is 6.98. The number of hydrogen-bond donors (Lipinski definition) is 0. The van der Waals surface area contributed by atoms with E-state index in [2.05, 4.69) is 4.98 Å². The second-order valence-electron chi connectivity index (χ2n) is 6.73. The fourth-order valence-corrected chi connectivity index (χ4v) is 4.46. The van der Waals surface area contributed by atoms with Gasteiger partial charge in [-0.2, -0.15) is 0 Å². The molecule has 0 aliphatic heterocycles. The number of nitro groups is 1. The van der Waals surface area contributed by atoms with Gasteiger partial charge in [-0.15, -0.1) is 12.4 Å². The second-order valence-corrected chi connectivity index (χ2v) is 8.83. The monoisotopic (exact) mass is 498 g/mol. The highest BCUT2D eigenvalue weighted by Crippen LogP contribution is 2.37. The fraction of sp³-hybridized carbons (Fsp3) is 0.300. The van der Waals surface area contributed by atoms with Crippen molar-refractivity contribution in [1.29, 1.82) is 0 Å². The quantitative estimate of drug-likeness (QED) is 0.246.